The Hall–Kier alpha value is -4.37. The number of aromatic amines is 1. The molecule has 0 fully saturated rings. The van der Waals surface area contributed by atoms with Crippen LogP contribution in [0.2, 0.25) is 0 Å². The summed E-state index contributed by atoms with van der Waals surface area (Å²) >= 11 is 0. The van der Waals surface area contributed by atoms with Crippen molar-refractivity contribution in [2.75, 3.05) is 5.32 Å². The van der Waals surface area contributed by atoms with Gasteiger partial charge in [-0.3, -0.25) is 14.2 Å². The fourth-order valence-electron chi connectivity index (χ4n) is 4.02. The minimum absolute atomic E-state index is 0.0655. The van der Waals surface area contributed by atoms with E-state index in [0.717, 1.165) is 18.3 Å². The number of anilines is 1. The topological polar surface area (TPSA) is 118 Å². The molecule has 16 heteroatoms. The van der Waals surface area contributed by atoms with E-state index in [1.165, 1.54) is 10.9 Å². The summed E-state index contributed by atoms with van der Waals surface area (Å²) in [4.78, 5) is 35.9. The van der Waals surface area contributed by atoms with Gasteiger partial charge in [0.15, 0.2) is 5.82 Å². The third-order valence-corrected chi connectivity index (χ3v) is 6.08. The molecule has 4 aromatic rings. The monoisotopic (exact) mass is 571 g/mol. The predicted octanol–water partition coefficient (Wildman–Crippen LogP) is 4.78. The van der Waals surface area contributed by atoms with Crippen LogP contribution in [0.1, 0.15) is 37.3 Å². The van der Waals surface area contributed by atoms with Gasteiger partial charge >= 0.3 is 12.4 Å². The van der Waals surface area contributed by atoms with Gasteiger partial charge in [0.05, 0.1) is 40.2 Å². The number of fused-ring (bicyclic) bond motifs is 1. The van der Waals surface area contributed by atoms with Crippen molar-refractivity contribution < 1.29 is 30.7 Å². The van der Waals surface area contributed by atoms with E-state index in [2.05, 4.69) is 25.4 Å². The van der Waals surface area contributed by atoms with Crippen LogP contribution in [0.3, 0.4) is 0 Å². The molecule has 2 N–H and O–H groups in total. The molecule has 3 aromatic heterocycles. The smallest absolute Gasteiger partial charge is 0.380 e. The largest absolute Gasteiger partial charge is 0.423 e. The van der Waals surface area contributed by atoms with Crippen molar-refractivity contribution in [3.63, 3.8) is 0 Å². The zero-order valence-electron chi connectivity index (χ0n) is 20.6. The molecule has 0 aliphatic heterocycles. The second-order valence-electron chi connectivity index (χ2n) is 8.76. The first-order valence-corrected chi connectivity index (χ1v) is 11.8. The van der Waals surface area contributed by atoms with Gasteiger partial charge in [0.2, 0.25) is 0 Å². The molecule has 1 atom stereocenters. The van der Waals surface area contributed by atoms with Crippen molar-refractivity contribution in [1.29, 1.82) is 0 Å². The first-order valence-electron chi connectivity index (χ1n) is 11.8. The highest BCUT2D eigenvalue weighted by Crippen LogP contribution is 2.32. The summed E-state index contributed by atoms with van der Waals surface area (Å²) in [6.45, 7) is 1.83. The van der Waals surface area contributed by atoms with Crippen LogP contribution in [0, 0.1) is 5.82 Å². The highest BCUT2D eigenvalue weighted by atomic mass is 19.4. The first-order chi connectivity index (χ1) is 18.8. The average Bonchev–Trinajstić information content (AvgIpc) is 2.88. The third kappa shape index (κ3) is 6.10. The Morgan fingerprint density at radius 3 is 2.33 bits per heavy atom. The molecule has 0 saturated heterocycles. The van der Waals surface area contributed by atoms with Crippen molar-refractivity contribution in [3.05, 3.63) is 74.7 Å². The Bertz CT molecular complexity index is 1630. The lowest BCUT2D eigenvalue weighted by atomic mass is 10.1. The molecule has 0 unspecified atom stereocenters. The summed E-state index contributed by atoms with van der Waals surface area (Å²) in [5, 5.41) is 7.78. The fourth-order valence-corrected chi connectivity index (χ4v) is 4.02. The van der Waals surface area contributed by atoms with Crippen LogP contribution in [-0.4, -0.2) is 35.8 Å². The number of nitrogens with zero attached hydrogens (tertiary/aromatic N) is 5. The van der Waals surface area contributed by atoms with Crippen molar-refractivity contribution in [2.24, 2.45) is 0 Å². The lowest BCUT2D eigenvalue weighted by molar-refractivity contribution is -0.139. The number of H-pyrrole nitrogens is 1. The molecule has 1 aromatic carbocycles. The van der Waals surface area contributed by atoms with Gasteiger partial charge in [0, 0.05) is 25.0 Å². The Kier molecular flexibility index (Phi) is 7.88. The van der Waals surface area contributed by atoms with E-state index in [1.807, 2.05) is 0 Å². The van der Waals surface area contributed by atoms with Gasteiger partial charge in [-0.05, 0) is 31.4 Å². The van der Waals surface area contributed by atoms with Crippen LogP contribution in [0.4, 0.5) is 36.4 Å². The van der Waals surface area contributed by atoms with Crippen molar-refractivity contribution in [1.82, 2.24) is 29.7 Å². The maximum atomic E-state index is 14.8. The molecule has 4 rings (SSSR count). The Balaban J connectivity index is 1.49. The number of hydrogen-bond acceptors (Lipinski definition) is 7. The van der Waals surface area contributed by atoms with Crippen molar-refractivity contribution in [3.8, 4) is 11.4 Å². The number of nitrogens with one attached hydrogen (secondary N) is 2. The van der Waals surface area contributed by atoms with Crippen LogP contribution in [0.5, 0.6) is 0 Å². The van der Waals surface area contributed by atoms with Crippen molar-refractivity contribution in [2.45, 2.75) is 51.1 Å². The number of hydrogen-bond donors (Lipinski definition) is 2. The molecule has 0 bridgehead atoms. The summed E-state index contributed by atoms with van der Waals surface area (Å²) in [7, 11) is 0. The Morgan fingerprint density at radius 2 is 1.70 bits per heavy atom. The van der Waals surface area contributed by atoms with E-state index in [-0.39, 0.29) is 28.8 Å². The number of rotatable bonds is 8. The van der Waals surface area contributed by atoms with E-state index in [4.69, 9.17) is 0 Å². The average molecular weight is 571 g/mol. The molecular formula is C24H20F7N7O2. The maximum Gasteiger partial charge on any atom is 0.423 e. The van der Waals surface area contributed by atoms with Gasteiger partial charge in [-0.15, -0.1) is 0 Å². The van der Waals surface area contributed by atoms with Gasteiger partial charge in [0.1, 0.15) is 11.4 Å². The van der Waals surface area contributed by atoms with Crippen molar-refractivity contribution >= 4 is 16.6 Å². The van der Waals surface area contributed by atoms with Crippen LogP contribution >= 0.6 is 0 Å². The number of aryl methyl sites for hydroxylation is 1. The molecule has 0 aliphatic carbocycles. The first kappa shape index (κ1) is 28.6. The zero-order valence-corrected chi connectivity index (χ0v) is 20.6. The van der Waals surface area contributed by atoms with Crippen LogP contribution < -0.4 is 16.4 Å². The number of aromatic nitrogens is 6. The van der Waals surface area contributed by atoms with Gasteiger partial charge < -0.3 is 5.32 Å². The second-order valence-corrected chi connectivity index (χ2v) is 8.76. The lowest BCUT2D eigenvalue weighted by Crippen LogP contribution is -2.28. The SMILES string of the molecule is CC[C@@H](CCCn1cnc2cc(-c3ncc(C(F)(F)F)cn3)c(F)cc2c1=O)Nc1cn[nH]c(=O)c1C(F)(F)F. The third-order valence-electron chi connectivity index (χ3n) is 6.08. The fraction of sp³-hybridized carbons (Fsp3) is 0.333. The normalized spacial score (nSPS) is 13.0. The number of alkyl halides is 6. The maximum absolute atomic E-state index is 14.8. The predicted molar refractivity (Wildman–Crippen MR) is 129 cm³/mol. The van der Waals surface area contributed by atoms with Crippen LogP contribution in [0.25, 0.3) is 22.3 Å². The molecule has 3 heterocycles. The van der Waals surface area contributed by atoms with Gasteiger partial charge in [0.25, 0.3) is 11.1 Å². The highest BCUT2D eigenvalue weighted by Gasteiger charge is 2.37. The van der Waals surface area contributed by atoms with E-state index in [1.54, 1.807) is 12.0 Å². The summed E-state index contributed by atoms with van der Waals surface area (Å²) in [5.74, 6) is -1.26. The lowest BCUT2D eigenvalue weighted by Gasteiger charge is -2.20. The molecule has 0 saturated carbocycles. The molecular weight excluding hydrogens is 551 g/mol. The summed E-state index contributed by atoms with van der Waals surface area (Å²) < 4.78 is 94.2. The van der Waals surface area contributed by atoms with Crippen LogP contribution in [0.15, 0.2) is 46.6 Å². The van der Waals surface area contributed by atoms with E-state index < -0.39 is 52.1 Å². The molecule has 0 amide bonds. The van der Waals surface area contributed by atoms with E-state index in [0.29, 0.717) is 31.7 Å². The standard InChI is InChI=1S/C24H20F7N7O2/c1-2-13(36-18-10-35-37-21(39)19(18)24(29,30)31)4-3-5-38-11-34-17-7-14(16(25)6-15(17)22(38)40)20-32-8-12(9-33-20)23(26,27)28/h6-11,13H,2-5H2,1H3,(H2,36,37,39)/t13-/m0/s1. The van der Waals surface area contributed by atoms with Gasteiger partial charge in [-0.1, -0.05) is 6.92 Å². The Labute approximate surface area is 220 Å². The number of benzene rings is 1. The molecule has 40 heavy (non-hydrogen) atoms. The summed E-state index contributed by atoms with van der Waals surface area (Å²) in [5.41, 5.74) is -5.10. The molecule has 0 spiro atoms. The van der Waals surface area contributed by atoms with E-state index >= 15 is 0 Å². The second kappa shape index (κ2) is 11.0. The zero-order chi connectivity index (χ0) is 29.2. The number of halogens is 7. The summed E-state index contributed by atoms with van der Waals surface area (Å²) in [6.07, 6.45) is -5.41. The molecule has 0 radical (unpaired) electrons. The Morgan fingerprint density at radius 1 is 1.00 bits per heavy atom. The molecule has 0 aliphatic rings. The van der Waals surface area contributed by atoms with Gasteiger partial charge in [-0.2, -0.15) is 31.4 Å². The molecule has 212 valence electrons. The highest BCUT2D eigenvalue weighted by molar-refractivity contribution is 5.82. The molecule has 9 nitrogen and oxygen atoms in total. The minimum Gasteiger partial charge on any atom is -0.380 e. The van der Waals surface area contributed by atoms with E-state index in [9.17, 15) is 40.3 Å². The quantitative estimate of drug-likeness (QED) is 0.292. The minimum atomic E-state index is -4.89. The summed E-state index contributed by atoms with van der Waals surface area (Å²) in [6, 6.07) is 1.56. The van der Waals surface area contributed by atoms with Crippen LogP contribution in [-0.2, 0) is 18.9 Å². The van der Waals surface area contributed by atoms with Gasteiger partial charge in [-0.25, -0.2) is 24.4 Å².